The van der Waals surface area contributed by atoms with E-state index in [1.54, 1.807) is 0 Å². The molecule has 2 rings (SSSR count). The van der Waals surface area contributed by atoms with Crippen LogP contribution in [0.1, 0.15) is 38.1 Å². The van der Waals surface area contributed by atoms with Gasteiger partial charge in [0.2, 0.25) is 0 Å². The Morgan fingerprint density at radius 1 is 1.33 bits per heavy atom. The second kappa shape index (κ2) is 4.72. The second-order valence-electron chi connectivity index (χ2n) is 6.67. The van der Waals surface area contributed by atoms with Gasteiger partial charge < -0.3 is 10.4 Å². The molecule has 0 atom stereocenters. The number of aromatic carboxylic acids is 1. The van der Waals surface area contributed by atoms with Crippen LogP contribution in [0.25, 0.3) is 0 Å². The molecule has 114 valence electrons. The molecule has 6 heteroatoms. The number of rotatable bonds is 5. The summed E-state index contributed by atoms with van der Waals surface area (Å²) in [6.07, 6.45) is 0. The van der Waals surface area contributed by atoms with E-state index < -0.39 is 10.9 Å². The fraction of sp³-hybridized carbons (Fsp3) is 0.533. The monoisotopic (exact) mass is 292 g/mol. The SMILES string of the molecule is CC1(C)C(CNc2ccc(C(=O)O)cc2[N+](=O)[O-])C1(C)C. The molecule has 6 nitrogen and oxygen atoms in total. The molecule has 1 aliphatic rings. The molecule has 1 saturated carbocycles. The fourth-order valence-corrected chi connectivity index (χ4v) is 3.02. The van der Waals surface area contributed by atoms with E-state index in [9.17, 15) is 14.9 Å². The first-order valence-electron chi connectivity index (χ1n) is 6.84. The summed E-state index contributed by atoms with van der Waals surface area (Å²) in [5.74, 6) is -0.752. The highest BCUT2D eigenvalue weighted by molar-refractivity contribution is 5.89. The maximum Gasteiger partial charge on any atom is 0.335 e. The smallest absolute Gasteiger partial charge is 0.335 e. The molecule has 1 aromatic carbocycles. The molecule has 0 unspecified atom stereocenters. The van der Waals surface area contributed by atoms with Crippen molar-refractivity contribution < 1.29 is 14.8 Å². The van der Waals surface area contributed by atoms with Crippen molar-refractivity contribution in [3.05, 3.63) is 33.9 Å². The van der Waals surface area contributed by atoms with Gasteiger partial charge >= 0.3 is 5.97 Å². The highest BCUT2D eigenvalue weighted by Crippen LogP contribution is 2.68. The molecule has 2 N–H and O–H groups in total. The van der Waals surface area contributed by atoms with Crippen LogP contribution in [0, 0.1) is 26.9 Å². The number of anilines is 1. The number of nitrogens with zero attached hydrogens (tertiary/aromatic N) is 1. The van der Waals surface area contributed by atoms with Crippen LogP contribution in [0.5, 0.6) is 0 Å². The number of benzene rings is 1. The first kappa shape index (κ1) is 15.3. The number of nitro benzene ring substituents is 1. The van der Waals surface area contributed by atoms with Crippen LogP contribution in [0.3, 0.4) is 0 Å². The summed E-state index contributed by atoms with van der Waals surface area (Å²) in [7, 11) is 0. The van der Waals surface area contributed by atoms with Gasteiger partial charge in [-0.15, -0.1) is 0 Å². The van der Waals surface area contributed by atoms with E-state index in [4.69, 9.17) is 5.11 Å². The van der Waals surface area contributed by atoms with E-state index in [2.05, 4.69) is 33.0 Å². The molecule has 1 aromatic rings. The van der Waals surface area contributed by atoms with Gasteiger partial charge in [-0.1, -0.05) is 27.7 Å². The van der Waals surface area contributed by atoms with Crippen molar-refractivity contribution in [2.75, 3.05) is 11.9 Å². The van der Waals surface area contributed by atoms with E-state index in [-0.39, 0.29) is 22.1 Å². The van der Waals surface area contributed by atoms with E-state index in [0.717, 1.165) is 6.07 Å². The Hall–Kier alpha value is -2.11. The number of carboxylic acids is 1. The van der Waals surface area contributed by atoms with Crippen LogP contribution in [-0.4, -0.2) is 22.5 Å². The molecule has 0 radical (unpaired) electrons. The van der Waals surface area contributed by atoms with Crippen LogP contribution >= 0.6 is 0 Å². The Bertz CT molecular complexity index is 594. The van der Waals surface area contributed by atoms with Gasteiger partial charge in [-0.3, -0.25) is 10.1 Å². The van der Waals surface area contributed by atoms with Gasteiger partial charge in [0.05, 0.1) is 10.5 Å². The van der Waals surface area contributed by atoms with Gasteiger partial charge in [0.25, 0.3) is 5.69 Å². The second-order valence-corrected chi connectivity index (χ2v) is 6.67. The average molecular weight is 292 g/mol. The summed E-state index contributed by atoms with van der Waals surface area (Å²) in [5, 5.41) is 23.1. The van der Waals surface area contributed by atoms with Crippen molar-refractivity contribution in [1.29, 1.82) is 0 Å². The van der Waals surface area contributed by atoms with Crippen molar-refractivity contribution in [3.8, 4) is 0 Å². The number of hydrogen-bond acceptors (Lipinski definition) is 4. The lowest BCUT2D eigenvalue weighted by molar-refractivity contribution is -0.384. The molecule has 0 amide bonds. The van der Waals surface area contributed by atoms with Crippen LogP contribution in [0.2, 0.25) is 0 Å². The van der Waals surface area contributed by atoms with Gasteiger partial charge in [0, 0.05) is 12.6 Å². The van der Waals surface area contributed by atoms with Gasteiger partial charge in [0.1, 0.15) is 5.69 Å². The minimum atomic E-state index is -1.17. The number of nitrogens with one attached hydrogen (secondary N) is 1. The Morgan fingerprint density at radius 2 is 1.90 bits per heavy atom. The molecular weight excluding hydrogens is 272 g/mol. The van der Waals surface area contributed by atoms with E-state index in [1.807, 2.05) is 0 Å². The maximum atomic E-state index is 11.1. The maximum absolute atomic E-state index is 11.1. The third kappa shape index (κ3) is 2.46. The molecule has 0 aliphatic heterocycles. The first-order valence-corrected chi connectivity index (χ1v) is 6.84. The van der Waals surface area contributed by atoms with Crippen molar-refractivity contribution in [2.45, 2.75) is 27.7 Å². The van der Waals surface area contributed by atoms with Crippen LogP contribution in [-0.2, 0) is 0 Å². The largest absolute Gasteiger partial charge is 0.478 e. The van der Waals surface area contributed by atoms with Crippen molar-refractivity contribution in [3.63, 3.8) is 0 Å². The summed E-state index contributed by atoms with van der Waals surface area (Å²) in [6.45, 7) is 9.36. The van der Waals surface area contributed by atoms with Gasteiger partial charge in [0.15, 0.2) is 0 Å². The molecule has 0 heterocycles. The van der Waals surface area contributed by atoms with E-state index in [1.165, 1.54) is 12.1 Å². The molecule has 1 aliphatic carbocycles. The van der Waals surface area contributed by atoms with E-state index in [0.29, 0.717) is 18.2 Å². The quantitative estimate of drug-likeness (QED) is 0.641. The van der Waals surface area contributed by atoms with Gasteiger partial charge in [-0.05, 0) is 28.9 Å². The number of carbonyl (C=O) groups is 1. The predicted molar refractivity (Wildman–Crippen MR) is 79.6 cm³/mol. The molecule has 0 saturated heterocycles. The zero-order valence-electron chi connectivity index (χ0n) is 12.6. The number of carboxylic acid groups (broad SMARTS) is 1. The number of hydrogen-bond donors (Lipinski definition) is 2. The zero-order valence-corrected chi connectivity index (χ0v) is 12.6. The normalized spacial score (nSPS) is 19.0. The van der Waals surface area contributed by atoms with Crippen LogP contribution < -0.4 is 5.32 Å². The minimum absolute atomic E-state index is 0.0840. The molecule has 21 heavy (non-hydrogen) atoms. The third-order valence-corrected chi connectivity index (χ3v) is 5.26. The predicted octanol–water partition coefficient (Wildman–Crippen LogP) is 3.39. The third-order valence-electron chi connectivity index (χ3n) is 5.26. The molecule has 0 bridgehead atoms. The first-order chi connectivity index (χ1) is 9.59. The highest BCUT2D eigenvalue weighted by atomic mass is 16.6. The van der Waals surface area contributed by atoms with Crippen molar-refractivity contribution in [2.24, 2.45) is 16.7 Å². The van der Waals surface area contributed by atoms with Gasteiger partial charge in [-0.25, -0.2) is 4.79 Å². The lowest BCUT2D eigenvalue weighted by atomic mass is 10.0. The summed E-state index contributed by atoms with van der Waals surface area (Å²) in [4.78, 5) is 21.4. The summed E-state index contributed by atoms with van der Waals surface area (Å²) in [6, 6.07) is 3.93. The lowest BCUT2D eigenvalue weighted by Crippen LogP contribution is -2.10. The average Bonchev–Trinajstić information content (AvgIpc) is 2.76. The highest BCUT2D eigenvalue weighted by Gasteiger charge is 2.64. The van der Waals surface area contributed by atoms with E-state index >= 15 is 0 Å². The lowest BCUT2D eigenvalue weighted by Gasteiger charge is -2.09. The Balaban J connectivity index is 2.18. The van der Waals surface area contributed by atoms with Crippen LogP contribution in [0.4, 0.5) is 11.4 Å². The Kier molecular flexibility index (Phi) is 3.43. The van der Waals surface area contributed by atoms with Gasteiger partial charge in [-0.2, -0.15) is 0 Å². The topological polar surface area (TPSA) is 92.5 Å². The van der Waals surface area contributed by atoms with Crippen molar-refractivity contribution >= 4 is 17.3 Å². The molecule has 0 aromatic heterocycles. The van der Waals surface area contributed by atoms with Crippen LogP contribution in [0.15, 0.2) is 18.2 Å². The standard InChI is InChI=1S/C15H20N2O4/c1-14(2)12(15(14,3)4)8-16-10-6-5-9(13(18)19)7-11(10)17(20)21/h5-7,12,16H,8H2,1-4H3,(H,18,19). The number of nitro groups is 1. The summed E-state index contributed by atoms with van der Waals surface area (Å²) < 4.78 is 0. The minimum Gasteiger partial charge on any atom is -0.478 e. The Morgan fingerprint density at radius 3 is 2.33 bits per heavy atom. The summed E-state index contributed by atoms with van der Waals surface area (Å²) >= 11 is 0. The molecule has 0 spiro atoms. The fourth-order valence-electron chi connectivity index (χ4n) is 3.02. The van der Waals surface area contributed by atoms with Crippen molar-refractivity contribution in [1.82, 2.24) is 0 Å². The molecular formula is C15H20N2O4. The summed E-state index contributed by atoms with van der Waals surface area (Å²) in [5.41, 5.74) is 0.458. The molecule has 1 fully saturated rings. The zero-order chi connectivity index (χ0) is 16.0. The Labute approximate surface area is 123 Å².